The van der Waals surface area contributed by atoms with Crippen LogP contribution in [0.25, 0.3) is 5.69 Å². The standard InChI is InChI=1S/C9H7N5O3/c10-9(15)6-1-2-7(14(16)17)8(3-6)13-5-11-4-12-13/h1-5H,(H2,10,15). The molecule has 1 amide bonds. The molecule has 0 unspecified atom stereocenters. The fourth-order valence-electron chi connectivity index (χ4n) is 1.35. The van der Waals surface area contributed by atoms with Gasteiger partial charge in [-0.15, -0.1) is 0 Å². The van der Waals surface area contributed by atoms with Crippen LogP contribution in [0.1, 0.15) is 10.4 Å². The van der Waals surface area contributed by atoms with Crippen LogP contribution in [0.15, 0.2) is 30.9 Å². The topological polar surface area (TPSA) is 117 Å². The van der Waals surface area contributed by atoms with Gasteiger partial charge in [0.15, 0.2) is 0 Å². The van der Waals surface area contributed by atoms with Gasteiger partial charge in [-0.2, -0.15) is 5.10 Å². The Hall–Kier alpha value is -2.77. The molecular formula is C9H7N5O3. The lowest BCUT2D eigenvalue weighted by Gasteiger charge is -2.03. The van der Waals surface area contributed by atoms with Gasteiger partial charge < -0.3 is 5.73 Å². The zero-order valence-corrected chi connectivity index (χ0v) is 8.48. The second kappa shape index (κ2) is 4.00. The number of carbonyl (C=O) groups excluding carboxylic acids is 1. The van der Waals surface area contributed by atoms with E-state index >= 15 is 0 Å². The van der Waals surface area contributed by atoms with E-state index in [0.717, 1.165) is 0 Å². The number of primary amides is 1. The predicted molar refractivity (Wildman–Crippen MR) is 56.5 cm³/mol. The third kappa shape index (κ3) is 1.95. The van der Waals surface area contributed by atoms with E-state index in [4.69, 9.17) is 5.73 Å². The SMILES string of the molecule is NC(=O)c1ccc([N+](=O)[O-])c(-n2cncn2)c1. The average molecular weight is 233 g/mol. The Kier molecular flexibility index (Phi) is 2.53. The molecule has 0 atom stereocenters. The van der Waals surface area contributed by atoms with E-state index in [1.165, 1.54) is 35.5 Å². The largest absolute Gasteiger partial charge is 0.366 e. The van der Waals surface area contributed by atoms with Gasteiger partial charge in [-0.05, 0) is 12.1 Å². The van der Waals surface area contributed by atoms with E-state index in [9.17, 15) is 14.9 Å². The van der Waals surface area contributed by atoms with Gasteiger partial charge in [-0.25, -0.2) is 9.67 Å². The molecule has 0 aliphatic heterocycles. The Morgan fingerprint density at radius 3 is 2.76 bits per heavy atom. The summed E-state index contributed by atoms with van der Waals surface area (Å²) >= 11 is 0. The van der Waals surface area contributed by atoms with Crippen LogP contribution >= 0.6 is 0 Å². The lowest BCUT2D eigenvalue weighted by molar-refractivity contribution is -0.384. The first-order valence-corrected chi connectivity index (χ1v) is 4.53. The van der Waals surface area contributed by atoms with Crippen molar-refractivity contribution in [3.8, 4) is 5.69 Å². The maximum Gasteiger partial charge on any atom is 0.294 e. The highest BCUT2D eigenvalue weighted by molar-refractivity contribution is 5.93. The molecule has 0 fully saturated rings. The zero-order valence-electron chi connectivity index (χ0n) is 8.48. The maximum absolute atomic E-state index is 11.0. The second-order valence-electron chi connectivity index (χ2n) is 3.16. The van der Waals surface area contributed by atoms with Crippen molar-refractivity contribution in [2.75, 3.05) is 0 Å². The van der Waals surface area contributed by atoms with Crippen molar-refractivity contribution in [1.29, 1.82) is 0 Å². The number of aromatic nitrogens is 3. The lowest BCUT2D eigenvalue weighted by Crippen LogP contribution is -2.12. The first kappa shape index (κ1) is 10.7. The molecule has 2 N–H and O–H groups in total. The molecule has 0 bridgehead atoms. The second-order valence-corrected chi connectivity index (χ2v) is 3.16. The van der Waals surface area contributed by atoms with E-state index < -0.39 is 10.8 Å². The monoisotopic (exact) mass is 233 g/mol. The van der Waals surface area contributed by atoms with E-state index in [1.54, 1.807) is 0 Å². The number of nitro groups is 1. The minimum Gasteiger partial charge on any atom is -0.366 e. The van der Waals surface area contributed by atoms with Gasteiger partial charge in [0.1, 0.15) is 18.3 Å². The Morgan fingerprint density at radius 2 is 2.24 bits per heavy atom. The predicted octanol–water partition coefficient (Wildman–Crippen LogP) is 0.274. The molecule has 0 saturated carbocycles. The number of benzene rings is 1. The molecule has 1 aromatic heterocycles. The number of carbonyl (C=O) groups is 1. The molecule has 0 aliphatic carbocycles. The molecule has 8 heteroatoms. The number of nitro benzene ring substituents is 1. The van der Waals surface area contributed by atoms with Crippen molar-refractivity contribution >= 4 is 11.6 Å². The summed E-state index contributed by atoms with van der Waals surface area (Å²) in [6.07, 6.45) is 2.54. The highest BCUT2D eigenvalue weighted by Crippen LogP contribution is 2.22. The van der Waals surface area contributed by atoms with E-state index in [0.29, 0.717) is 0 Å². The van der Waals surface area contributed by atoms with E-state index in [-0.39, 0.29) is 16.9 Å². The summed E-state index contributed by atoms with van der Waals surface area (Å²) in [5.74, 6) is -0.665. The van der Waals surface area contributed by atoms with Crippen LogP contribution in [0.3, 0.4) is 0 Å². The number of amides is 1. The highest BCUT2D eigenvalue weighted by atomic mass is 16.6. The average Bonchev–Trinajstić information content (AvgIpc) is 2.81. The normalized spacial score (nSPS) is 10.1. The first-order valence-electron chi connectivity index (χ1n) is 4.53. The van der Waals surface area contributed by atoms with Crippen LogP contribution in [0.2, 0.25) is 0 Å². The minimum atomic E-state index is -0.665. The van der Waals surface area contributed by atoms with Gasteiger partial charge in [0, 0.05) is 11.6 Å². The molecule has 17 heavy (non-hydrogen) atoms. The quantitative estimate of drug-likeness (QED) is 0.603. The van der Waals surface area contributed by atoms with Gasteiger partial charge in [0.05, 0.1) is 4.92 Å². The van der Waals surface area contributed by atoms with Crippen molar-refractivity contribution in [2.45, 2.75) is 0 Å². The van der Waals surface area contributed by atoms with Crippen molar-refractivity contribution in [3.63, 3.8) is 0 Å². The number of hydrogen-bond donors (Lipinski definition) is 1. The van der Waals surface area contributed by atoms with Gasteiger partial charge in [0.2, 0.25) is 5.91 Å². The Balaban J connectivity index is 2.64. The summed E-state index contributed by atoms with van der Waals surface area (Å²) in [6, 6.07) is 3.80. The van der Waals surface area contributed by atoms with Gasteiger partial charge in [-0.1, -0.05) is 0 Å². The van der Waals surface area contributed by atoms with Crippen molar-refractivity contribution < 1.29 is 9.72 Å². The van der Waals surface area contributed by atoms with E-state index in [1.807, 2.05) is 0 Å². The van der Waals surface area contributed by atoms with Crippen molar-refractivity contribution in [3.05, 3.63) is 46.5 Å². The summed E-state index contributed by atoms with van der Waals surface area (Å²) < 4.78 is 1.20. The molecule has 1 heterocycles. The maximum atomic E-state index is 11.0. The third-order valence-corrected chi connectivity index (χ3v) is 2.12. The number of rotatable bonds is 3. The molecule has 0 aliphatic rings. The third-order valence-electron chi connectivity index (χ3n) is 2.12. The summed E-state index contributed by atoms with van der Waals surface area (Å²) in [5.41, 5.74) is 5.24. The number of nitrogens with zero attached hydrogens (tertiary/aromatic N) is 4. The van der Waals surface area contributed by atoms with Crippen LogP contribution in [0.5, 0.6) is 0 Å². The summed E-state index contributed by atoms with van der Waals surface area (Å²) in [7, 11) is 0. The smallest absolute Gasteiger partial charge is 0.294 e. The Labute approximate surface area is 94.8 Å². The fourth-order valence-corrected chi connectivity index (χ4v) is 1.35. The van der Waals surface area contributed by atoms with Crippen molar-refractivity contribution in [2.24, 2.45) is 5.73 Å². The van der Waals surface area contributed by atoms with Gasteiger partial charge >= 0.3 is 0 Å². The molecule has 8 nitrogen and oxygen atoms in total. The van der Waals surface area contributed by atoms with Gasteiger partial charge in [0.25, 0.3) is 5.69 Å². The summed E-state index contributed by atoms with van der Waals surface area (Å²) in [4.78, 5) is 25.0. The molecule has 0 radical (unpaired) electrons. The number of nitrogens with two attached hydrogens (primary N) is 1. The van der Waals surface area contributed by atoms with Crippen LogP contribution in [0.4, 0.5) is 5.69 Å². The van der Waals surface area contributed by atoms with Gasteiger partial charge in [-0.3, -0.25) is 14.9 Å². The highest BCUT2D eigenvalue weighted by Gasteiger charge is 2.17. The van der Waals surface area contributed by atoms with Crippen LogP contribution in [-0.4, -0.2) is 25.6 Å². The molecule has 1 aromatic carbocycles. The van der Waals surface area contributed by atoms with Crippen LogP contribution in [0, 0.1) is 10.1 Å². The van der Waals surface area contributed by atoms with E-state index in [2.05, 4.69) is 10.1 Å². The summed E-state index contributed by atoms with van der Waals surface area (Å²) in [6.45, 7) is 0. The fraction of sp³-hybridized carbons (Fsp3) is 0. The molecule has 86 valence electrons. The first-order chi connectivity index (χ1) is 8.09. The summed E-state index contributed by atoms with van der Waals surface area (Å²) in [5, 5.41) is 14.6. The van der Waals surface area contributed by atoms with Crippen molar-refractivity contribution in [1.82, 2.24) is 14.8 Å². The molecule has 0 saturated heterocycles. The molecule has 2 aromatic rings. The Bertz CT molecular complexity index is 578. The molecule has 2 rings (SSSR count). The number of hydrogen-bond acceptors (Lipinski definition) is 5. The Morgan fingerprint density at radius 1 is 1.47 bits per heavy atom. The van der Waals surface area contributed by atoms with Crippen LogP contribution < -0.4 is 5.73 Å². The minimum absolute atomic E-state index is 0.142. The lowest BCUT2D eigenvalue weighted by atomic mass is 10.1. The molecule has 0 spiro atoms. The zero-order chi connectivity index (χ0) is 12.4. The molecular weight excluding hydrogens is 226 g/mol. The van der Waals surface area contributed by atoms with Crippen LogP contribution in [-0.2, 0) is 0 Å².